The van der Waals surface area contributed by atoms with Crippen molar-refractivity contribution >= 4 is 26.0 Å². The molecule has 0 radical (unpaired) electrons. The molecule has 2 N–H and O–H groups in total. The lowest BCUT2D eigenvalue weighted by molar-refractivity contribution is 0.148. The van der Waals surface area contributed by atoms with E-state index in [0.717, 1.165) is 0 Å². The first kappa shape index (κ1) is 19.2. The van der Waals surface area contributed by atoms with Crippen LogP contribution in [0.2, 0.25) is 0 Å². The van der Waals surface area contributed by atoms with E-state index in [9.17, 15) is 21.6 Å². The van der Waals surface area contributed by atoms with E-state index < -0.39 is 49.5 Å². The van der Waals surface area contributed by atoms with Crippen LogP contribution in [0, 0.1) is 11.3 Å². The van der Waals surface area contributed by atoms with Gasteiger partial charge in [0.15, 0.2) is 9.84 Å². The number of alkyl carbamates (subject to hydrolysis) is 1. The minimum Gasteiger partial charge on any atom is -0.450 e. The maximum absolute atomic E-state index is 12.5. The Morgan fingerprint density at radius 2 is 2.04 bits per heavy atom. The Morgan fingerprint density at radius 1 is 1.36 bits per heavy atom. The number of sulfone groups is 1. The smallest absolute Gasteiger partial charge is 0.407 e. The third-order valence-electron chi connectivity index (χ3n) is 3.51. The molecule has 2 atom stereocenters. The van der Waals surface area contributed by atoms with Crippen LogP contribution in [0.25, 0.3) is 0 Å². The maximum Gasteiger partial charge on any atom is 0.407 e. The van der Waals surface area contributed by atoms with E-state index in [-0.39, 0.29) is 17.1 Å². The lowest BCUT2D eigenvalue weighted by atomic mass is 10.2. The summed E-state index contributed by atoms with van der Waals surface area (Å²) in [5.41, 5.74) is 0.156. The van der Waals surface area contributed by atoms with E-state index in [2.05, 4.69) is 10.0 Å². The number of hydrogen-bond acceptors (Lipinski definition) is 7. The highest BCUT2D eigenvalue weighted by atomic mass is 32.2. The Morgan fingerprint density at radius 3 is 2.68 bits per heavy atom. The van der Waals surface area contributed by atoms with Crippen LogP contribution in [-0.4, -0.2) is 53.1 Å². The van der Waals surface area contributed by atoms with Gasteiger partial charge in [-0.1, -0.05) is 6.07 Å². The number of ether oxygens (including phenoxy) is 1. The summed E-state index contributed by atoms with van der Waals surface area (Å²) in [5.74, 6) is -0.835. The zero-order valence-corrected chi connectivity index (χ0v) is 14.9. The van der Waals surface area contributed by atoms with Crippen LogP contribution in [0.1, 0.15) is 12.5 Å². The van der Waals surface area contributed by atoms with Gasteiger partial charge in [0.2, 0.25) is 10.0 Å². The zero-order chi connectivity index (χ0) is 18.7. The normalized spacial score (nSPS) is 22.1. The molecule has 0 aromatic heterocycles. The third kappa shape index (κ3) is 4.91. The predicted octanol–water partition coefficient (Wildman–Crippen LogP) is -0.252. The van der Waals surface area contributed by atoms with Gasteiger partial charge in [-0.05, 0) is 25.1 Å². The van der Waals surface area contributed by atoms with Crippen molar-refractivity contribution in [1.82, 2.24) is 10.0 Å². The minimum atomic E-state index is -4.07. The SMILES string of the molecule is CCOC(=O)N[C@H]1CS(=O)(=O)C[C@H]1NS(=O)(=O)c1cccc(C#N)c1. The summed E-state index contributed by atoms with van der Waals surface area (Å²) in [4.78, 5) is 11.4. The predicted molar refractivity (Wildman–Crippen MR) is 87.9 cm³/mol. The second-order valence-electron chi connectivity index (χ2n) is 5.42. The third-order valence-corrected chi connectivity index (χ3v) is 6.73. The number of nitrogens with zero attached hydrogens (tertiary/aromatic N) is 1. The van der Waals surface area contributed by atoms with Crippen molar-refractivity contribution in [3.05, 3.63) is 29.8 Å². The number of carbonyl (C=O) groups excluding carboxylic acids is 1. The lowest BCUT2D eigenvalue weighted by Crippen LogP contribution is -2.50. The summed E-state index contributed by atoms with van der Waals surface area (Å²) in [6.07, 6.45) is -0.819. The summed E-state index contributed by atoms with van der Waals surface area (Å²) in [6.45, 7) is 1.69. The Bertz CT molecular complexity index is 905. The standard InChI is InChI=1S/C14H17N3O6S2/c1-2-23-14(18)16-12-8-24(19,20)9-13(12)17-25(21,22)11-5-3-4-10(6-11)7-15/h3-6,12-13,17H,2,8-9H2,1H3,(H,16,18)/t12-,13+/m0/s1. The second kappa shape index (κ2) is 7.38. The van der Waals surface area contributed by atoms with Crippen molar-refractivity contribution in [2.45, 2.75) is 23.9 Å². The van der Waals surface area contributed by atoms with E-state index in [4.69, 9.17) is 10.00 Å². The molecule has 9 nitrogen and oxygen atoms in total. The topological polar surface area (TPSA) is 142 Å². The van der Waals surface area contributed by atoms with Crippen LogP contribution in [0.4, 0.5) is 4.79 Å². The van der Waals surface area contributed by atoms with Crippen molar-refractivity contribution in [3.8, 4) is 6.07 Å². The number of benzene rings is 1. The van der Waals surface area contributed by atoms with Gasteiger partial charge in [-0.3, -0.25) is 0 Å². The molecule has 1 saturated heterocycles. The summed E-state index contributed by atoms with van der Waals surface area (Å²) in [6, 6.07) is 5.18. The van der Waals surface area contributed by atoms with Gasteiger partial charge in [-0.2, -0.15) is 5.26 Å². The number of carbonyl (C=O) groups is 1. The molecular formula is C14H17N3O6S2. The summed E-state index contributed by atoms with van der Waals surface area (Å²) in [7, 11) is -7.59. The zero-order valence-electron chi connectivity index (χ0n) is 13.3. The first-order chi connectivity index (χ1) is 11.7. The molecule has 1 aromatic carbocycles. The van der Waals surface area contributed by atoms with E-state index in [1.54, 1.807) is 6.92 Å². The van der Waals surface area contributed by atoms with Gasteiger partial charge in [0.05, 0.1) is 46.7 Å². The molecule has 2 rings (SSSR count). The Hall–Kier alpha value is -2.16. The molecule has 0 aliphatic carbocycles. The van der Waals surface area contributed by atoms with Crippen molar-refractivity contribution < 1.29 is 26.4 Å². The van der Waals surface area contributed by atoms with E-state index in [1.807, 2.05) is 6.07 Å². The maximum atomic E-state index is 12.5. The van der Waals surface area contributed by atoms with Crippen LogP contribution < -0.4 is 10.0 Å². The van der Waals surface area contributed by atoms with Gasteiger partial charge in [-0.25, -0.2) is 26.4 Å². The van der Waals surface area contributed by atoms with E-state index in [0.29, 0.717) is 0 Å². The molecule has 1 fully saturated rings. The Labute approximate surface area is 145 Å². The van der Waals surface area contributed by atoms with Crippen LogP contribution in [0.15, 0.2) is 29.2 Å². The molecule has 1 amide bonds. The molecule has 1 aliphatic heterocycles. The molecule has 1 heterocycles. The van der Waals surface area contributed by atoms with Crippen molar-refractivity contribution in [2.24, 2.45) is 0 Å². The molecule has 0 bridgehead atoms. The minimum absolute atomic E-state index is 0.0999. The summed E-state index contributed by atoms with van der Waals surface area (Å²) < 4.78 is 55.6. The molecule has 11 heteroatoms. The van der Waals surface area contributed by atoms with Gasteiger partial charge in [0.1, 0.15) is 0 Å². The first-order valence-corrected chi connectivity index (χ1v) is 10.6. The lowest BCUT2D eigenvalue weighted by Gasteiger charge is -2.20. The fourth-order valence-electron chi connectivity index (χ4n) is 2.43. The van der Waals surface area contributed by atoms with Crippen LogP contribution in [0.3, 0.4) is 0 Å². The van der Waals surface area contributed by atoms with Crippen LogP contribution >= 0.6 is 0 Å². The highest BCUT2D eigenvalue weighted by Gasteiger charge is 2.41. The second-order valence-corrected chi connectivity index (χ2v) is 9.28. The molecule has 25 heavy (non-hydrogen) atoms. The van der Waals surface area contributed by atoms with Crippen molar-refractivity contribution in [2.75, 3.05) is 18.1 Å². The van der Waals surface area contributed by atoms with E-state index in [1.165, 1.54) is 24.3 Å². The Kier molecular flexibility index (Phi) is 5.66. The molecule has 136 valence electrons. The summed E-state index contributed by atoms with van der Waals surface area (Å²) in [5, 5.41) is 11.2. The van der Waals surface area contributed by atoms with Gasteiger partial charge in [-0.15, -0.1) is 0 Å². The monoisotopic (exact) mass is 387 g/mol. The number of nitrogens with one attached hydrogen (secondary N) is 2. The highest BCUT2D eigenvalue weighted by molar-refractivity contribution is 7.92. The largest absolute Gasteiger partial charge is 0.450 e. The summed E-state index contributed by atoms with van der Waals surface area (Å²) >= 11 is 0. The number of nitriles is 1. The first-order valence-electron chi connectivity index (χ1n) is 7.33. The molecule has 1 aromatic rings. The molecule has 0 unspecified atom stereocenters. The fourth-order valence-corrected chi connectivity index (χ4v) is 5.72. The van der Waals surface area contributed by atoms with Gasteiger partial charge in [0, 0.05) is 0 Å². The van der Waals surface area contributed by atoms with Gasteiger partial charge < -0.3 is 10.1 Å². The van der Waals surface area contributed by atoms with Crippen LogP contribution in [-0.2, 0) is 24.6 Å². The fraction of sp³-hybridized carbons (Fsp3) is 0.429. The quantitative estimate of drug-likeness (QED) is 0.709. The molecule has 0 saturated carbocycles. The average molecular weight is 387 g/mol. The number of sulfonamides is 1. The van der Waals surface area contributed by atoms with Crippen molar-refractivity contribution in [3.63, 3.8) is 0 Å². The van der Waals surface area contributed by atoms with Gasteiger partial charge in [0.25, 0.3) is 0 Å². The number of hydrogen-bond donors (Lipinski definition) is 2. The molecule has 1 aliphatic rings. The van der Waals surface area contributed by atoms with Crippen molar-refractivity contribution in [1.29, 1.82) is 5.26 Å². The molecular weight excluding hydrogens is 370 g/mol. The van der Waals surface area contributed by atoms with Gasteiger partial charge >= 0.3 is 6.09 Å². The Balaban J connectivity index is 2.22. The van der Waals surface area contributed by atoms with Crippen LogP contribution in [0.5, 0.6) is 0 Å². The average Bonchev–Trinajstić information content (AvgIpc) is 2.80. The number of amides is 1. The molecule has 0 spiro atoms. The number of rotatable bonds is 5. The highest BCUT2D eigenvalue weighted by Crippen LogP contribution is 2.17. The van der Waals surface area contributed by atoms with E-state index >= 15 is 0 Å².